The van der Waals surface area contributed by atoms with Crippen molar-refractivity contribution in [2.24, 2.45) is 0 Å². The Labute approximate surface area is 74.6 Å². The van der Waals surface area contributed by atoms with Crippen molar-refractivity contribution in [3.05, 3.63) is 23.9 Å². The second kappa shape index (κ2) is 4.41. The first kappa shape index (κ1) is 9.46. The monoisotopic (exact) mass is 183 g/mol. The molecule has 0 aromatic carbocycles. The molecule has 2 nitrogen and oxygen atoms in total. The molecule has 0 amide bonds. The zero-order chi connectivity index (χ0) is 9.68. The number of ether oxygens (including phenoxy) is 1. The van der Waals surface area contributed by atoms with Crippen LogP contribution in [0.2, 0.25) is 0 Å². The van der Waals surface area contributed by atoms with Gasteiger partial charge in [-0.2, -0.15) is 0 Å². The van der Waals surface area contributed by atoms with Crippen LogP contribution in [0, 0.1) is 12.3 Å². The van der Waals surface area contributed by atoms with Crippen LogP contribution < -0.4 is 4.74 Å². The van der Waals surface area contributed by atoms with Gasteiger partial charge in [0.25, 0.3) is 6.43 Å². The minimum Gasteiger partial charge on any atom is -0.472 e. The molecule has 68 valence electrons. The van der Waals surface area contributed by atoms with E-state index in [9.17, 15) is 8.78 Å². The topological polar surface area (TPSA) is 22.1 Å². The molecule has 0 saturated heterocycles. The Hall–Kier alpha value is -1.63. The Morgan fingerprint density at radius 1 is 1.54 bits per heavy atom. The van der Waals surface area contributed by atoms with E-state index in [0.717, 1.165) is 0 Å². The molecular weight excluding hydrogens is 176 g/mol. The molecule has 4 heteroatoms. The van der Waals surface area contributed by atoms with Crippen LogP contribution in [0.3, 0.4) is 0 Å². The van der Waals surface area contributed by atoms with Gasteiger partial charge >= 0.3 is 0 Å². The molecule has 0 unspecified atom stereocenters. The molecule has 0 spiro atoms. The lowest BCUT2D eigenvalue weighted by molar-refractivity contribution is 0.0796. The maximum atomic E-state index is 11.7. The minimum absolute atomic E-state index is 0.152. The van der Waals surface area contributed by atoms with Gasteiger partial charge in [-0.3, -0.25) is 0 Å². The van der Waals surface area contributed by atoms with E-state index in [2.05, 4.69) is 15.6 Å². The van der Waals surface area contributed by atoms with Crippen molar-refractivity contribution in [1.29, 1.82) is 0 Å². The van der Waals surface area contributed by atoms with Gasteiger partial charge in [-0.15, -0.1) is 6.42 Å². The highest BCUT2D eigenvalue weighted by molar-refractivity contribution is 5.31. The van der Waals surface area contributed by atoms with E-state index < -0.39 is 13.0 Å². The Bertz CT molecular complexity index is 302. The van der Waals surface area contributed by atoms with E-state index in [1.54, 1.807) is 6.07 Å². The van der Waals surface area contributed by atoms with E-state index in [1.807, 2.05) is 0 Å². The van der Waals surface area contributed by atoms with Crippen LogP contribution >= 0.6 is 0 Å². The maximum absolute atomic E-state index is 11.7. The number of alkyl halides is 2. The first-order valence-corrected chi connectivity index (χ1v) is 3.56. The summed E-state index contributed by atoms with van der Waals surface area (Å²) in [6.07, 6.45) is 3.97. The molecular formula is C9H7F2NO. The van der Waals surface area contributed by atoms with Gasteiger partial charge in [-0.1, -0.05) is 5.92 Å². The number of halogens is 2. The Morgan fingerprint density at radius 2 is 2.31 bits per heavy atom. The summed E-state index contributed by atoms with van der Waals surface area (Å²) in [5, 5.41) is 0. The third kappa shape index (κ3) is 3.08. The van der Waals surface area contributed by atoms with Crippen molar-refractivity contribution < 1.29 is 13.5 Å². The summed E-state index contributed by atoms with van der Waals surface area (Å²) in [7, 11) is 0. The average Bonchev–Trinajstić information content (AvgIpc) is 2.15. The molecule has 1 aromatic rings. The molecule has 1 aromatic heterocycles. The summed E-state index contributed by atoms with van der Waals surface area (Å²) in [5.41, 5.74) is 0.587. The molecule has 0 fully saturated rings. The number of pyridine rings is 1. The quantitative estimate of drug-likeness (QED) is 0.665. The first-order chi connectivity index (χ1) is 6.22. The number of hydrogen-bond acceptors (Lipinski definition) is 2. The molecule has 0 saturated carbocycles. The Morgan fingerprint density at radius 3 is 2.77 bits per heavy atom. The lowest BCUT2D eigenvalue weighted by Gasteiger charge is -2.03. The molecule has 0 radical (unpaired) electrons. The summed E-state index contributed by atoms with van der Waals surface area (Å²) in [4.78, 5) is 3.72. The number of rotatable bonds is 3. The first-order valence-electron chi connectivity index (χ1n) is 3.56. The van der Waals surface area contributed by atoms with Crippen LogP contribution in [0.4, 0.5) is 8.78 Å². The Kier molecular flexibility index (Phi) is 3.21. The SMILES string of the molecule is C#Cc1ccc(OCC(F)F)nc1. The summed E-state index contributed by atoms with van der Waals surface area (Å²) >= 11 is 0. The number of terminal acetylenes is 1. The molecule has 1 heterocycles. The fraction of sp³-hybridized carbons (Fsp3) is 0.222. The third-order valence-corrected chi connectivity index (χ3v) is 1.26. The maximum Gasteiger partial charge on any atom is 0.272 e. The average molecular weight is 183 g/mol. The van der Waals surface area contributed by atoms with E-state index in [4.69, 9.17) is 6.42 Å². The van der Waals surface area contributed by atoms with E-state index >= 15 is 0 Å². The number of aromatic nitrogens is 1. The normalized spacial score (nSPS) is 9.69. The van der Waals surface area contributed by atoms with E-state index in [1.165, 1.54) is 12.3 Å². The van der Waals surface area contributed by atoms with Crippen molar-refractivity contribution in [3.63, 3.8) is 0 Å². The van der Waals surface area contributed by atoms with Crippen molar-refractivity contribution in [3.8, 4) is 18.2 Å². The summed E-state index contributed by atoms with van der Waals surface area (Å²) in [6, 6.07) is 3.03. The Balaban J connectivity index is 2.55. The molecule has 0 aliphatic carbocycles. The largest absolute Gasteiger partial charge is 0.472 e. The van der Waals surface area contributed by atoms with Crippen LogP contribution in [0.5, 0.6) is 5.88 Å². The van der Waals surface area contributed by atoms with Crippen molar-refractivity contribution in [1.82, 2.24) is 4.98 Å². The fourth-order valence-corrected chi connectivity index (χ4v) is 0.699. The number of hydrogen-bond donors (Lipinski definition) is 0. The second-order valence-electron chi connectivity index (χ2n) is 2.23. The molecule has 0 aliphatic heterocycles. The summed E-state index contributed by atoms with van der Waals surface area (Å²) in [6.45, 7) is -0.650. The highest BCUT2D eigenvalue weighted by atomic mass is 19.3. The van der Waals surface area contributed by atoms with Gasteiger partial charge in [0.2, 0.25) is 5.88 Å². The highest BCUT2D eigenvalue weighted by Crippen LogP contribution is 2.07. The van der Waals surface area contributed by atoms with Gasteiger partial charge in [0.1, 0.15) is 0 Å². The van der Waals surface area contributed by atoms with Crippen LogP contribution in [0.25, 0.3) is 0 Å². The fourth-order valence-electron chi connectivity index (χ4n) is 0.699. The predicted molar refractivity (Wildman–Crippen MR) is 43.7 cm³/mol. The third-order valence-electron chi connectivity index (χ3n) is 1.26. The van der Waals surface area contributed by atoms with E-state index in [0.29, 0.717) is 5.56 Å². The van der Waals surface area contributed by atoms with Crippen molar-refractivity contribution in [2.75, 3.05) is 6.61 Å². The number of nitrogens with zero attached hydrogens (tertiary/aromatic N) is 1. The summed E-state index contributed by atoms with van der Waals surface area (Å²) < 4.78 is 28.0. The summed E-state index contributed by atoms with van der Waals surface area (Å²) in [5.74, 6) is 2.50. The van der Waals surface area contributed by atoms with Crippen LogP contribution in [-0.4, -0.2) is 18.0 Å². The van der Waals surface area contributed by atoms with Gasteiger partial charge in [0.05, 0.1) is 0 Å². The standard InChI is InChI=1S/C9H7F2NO/c1-2-7-3-4-9(12-5-7)13-6-8(10)11/h1,3-5,8H,6H2. The van der Waals surface area contributed by atoms with E-state index in [-0.39, 0.29) is 5.88 Å². The van der Waals surface area contributed by atoms with Gasteiger partial charge in [-0.25, -0.2) is 13.8 Å². The van der Waals surface area contributed by atoms with Crippen LogP contribution in [-0.2, 0) is 0 Å². The zero-order valence-electron chi connectivity index (χ0n) is 6.71. The molecule has 0 bridgehead atoms. The van der Waals surface area contributed by atoms with Crippen molar-refractivity contribution >= 4 is 0 Å². The predicted octanol–water partition coefficient (Wildman–Crippen LogP) is 1.71. The van der Waals surface area contributed by atoms with Crippen LogP contribution in [0.15, 0.2) is 18.3 Å². The van der Waals surface area contributed by atoms with Crippen molar-refractivity contribution in [2.45, 2.75) is 6.43 Å². The zero-order valence-corrected chi connectivity index (χ0v) is 6.71. The molecule has 13 heavy (non-hydrogen) atoms. The molecule has 0 aliphatic rings. The van der Waals surface area contributed by atoms with Gasteiger partial charge < -0.3 is 4.74 Å². The highest BCUT2D eigenvalue weighted by Gasteiger charge is 2.03. The van der Waals surface area contributed by atoms with Gasteiger partial charge in [0, 0.05) is 17.8 Å². The molecule has 1 rings (SSSR count). The van der Waals surface area contributed by atoms with Gasteiger partial charge in [-0.05, 0) is 6.07 Å². The van der Waals surface area contributed by atoms with Gasteiger partial charge in [0.15, 0.2) is 6.61 Å². The lowest BCUT2D eigenvalue weighted by Crippen LogP contribution is -2.07. The second-order valence-corrected chi connectivity index (χ2v) is 2.23. The molecule has 0 atom stereocenters. The van der Waals surface area contributed by atoms with Crippen LogP contribution in [0.1, 0.15) is 5.56 Å². The smallest absolute Gasteiger partial charge is 0.272 e. The molecule has 0 N–H and O–H groups in total. The lowest BCUT2D eigenvalue weighted by atomic mass is 10.3. The minimum atomic E-state index is -2.49.